The highest BCUT2D eigenvalue weighted by atomic mass is 35.5. The number of carbonyl (C=O) groups excluding carboxylic acids is 1. The molecule has 144 valence electrons. The molecule has 0 aromatic heterocycles. The average molecular weight is 439 g/mol. The average Bonchev–Trinajstić information content (AvgIpc) is 2.66. The van der Waals surface area contributed by atoms with E-state index in [2.05, 4.69) is 10.0 Å². The quantitative estimate of drug-likeness (QED) is 0.575. The number of anilines is 2. The normalized spacial score (nSPS) is 11.1. The number of hydrogen-bond donors (Lipinski definition) is 2. The van der Waals surface area contributed by atoms with Crippen LogP contribution in [0.3, 0.4) is 0 Å². The summed E-state index contributed by atoms with van der Waals surface area (Å²) in [5.74, 6) is -1.11. The van der Waals surface area contributed by atoms with E-state index in [9.17, 15) is 17.6 Å². The van der Waals surface area contributed by atoms with Crippen LogP contribution < -0.4 is 10.0 Å². The van der Waals surface area contributed by atoms with Gasteiger partial charge in [0.15, 0.2) is 0 Å². The van der Waals surface area contributed by atoms with Gasteiger partial charge in [0.1, 0.15) is 5.82 Å². The fourth-order valence-corrected chi connectivity index (χ4v) is 3.82. The van der Waals surface area contributed by atoms with Crippen LogP contribution in [0.4, 0.5) is 15.8 Å². The van der Waals surface area contributed by atoms with Crippen LogP contribution in [0.25, 0.3) is 0 Å². The predicted octanol–water partition coefficient (Wildman–Crippen LogP) is 5.19. The number of para-hydroxylation sites is 1. The number of halogens is 3. The van der Waals surface area contributed by atoms with Crippen LogP contribution >= 0.6 is 23.2 Å². The van der Waals surface area contributed by atoms with Crippen LogP contribution in [0.2, 0.25) is 10.0 Å². The molecule has 28 heavy (non-hydrogen) atoms. The van der Waals surface area contributed by atoms with E-state index in [-0.39, 0.29) is 15.6 Å². The maximum absolute atomic E-state index is 13.2. The zero-order chi connectivity index (χ0) is 20.3. The second-order valence-corrected chi connectivity index (χ2v) is 8.19. The van der Waals surface area contributed by atoms with Gasteiger partial charge < -0.3 is 5.32 Å². The lowest BCUT2D eigenvalue weighted by molar-refractivity contribution is 0.102. The number of hydrogen-bond acceptors (Lipinski definition) is 3. The molecule has 0 aliphatic carbocycles. The SMILES string of the molecule is O=C(Nc1ccccc1Cl)c1ccc(NS(=O)(=O)c2ccc(F)c(Cl)c2)cc1. The van der Waals surface area contributed by atoms with Crippen molar-refractivity contribution in [2.75, 3.05) is 10.0 Å². The van der Waals surface area contributed by atoms with Gasteiger partial charge in [0.05, 0.1) is 20.6 Å². The molecule has 5 nitrogen and oxygen atoms in total. The highest BCUT2D eigenvalue weighted by Crippen LogP contribution is 2.23. The van der Waals surface area contributed by atoms with Crippen LogP contribution in [0.5, 0.6) is 0 Å². The third kappa shape index (κ3) is 4.62. The summed E-state index contributed by atoms with van der Waals surface area (Å²) in [4.78, 5) is 12.1. The molecule has 2 N–H and O–H groups in total. The summed E-state index contributed by atoms with van der Waals surface area (Å²) in [7, 11) is -3.96. The molecule has 0 saturated heterocycles. The molecule has 0 fully saturated rings. The van der Waals surface area contributed by atoms with Crippen molar-refractivity contribution in [1.82, 2.24) is 0 Å². The summed E-state index contributed by atoms with van der Waals surface area (Å²) in [5.41, 5.74) is 1.01. The minimum Gasteiger partial charge on any atom is -0.321 e. The van der Waals surface area contributed by atoms with E-state index in [1.165, 1.54) is 24.3 Å². The zero-order valence-electron chi connectivity index (χ0n) is 14.1. The maximum Gasteiger partial charge on any atom is 0.261 e. The van der Waals surface area contributed by atoms with Crippen molar-refractivity contribution in [2.45, 2.75) is 4.90 Å². The van der Waals surface area contributed by atoms with Crippen LogP contribution in [-0.2, 0) is 10.0 Å². The van der Waals surface area contributed by atoms with Gasteiger partial charge in [-0.1, -0.05) is 35.3 Å². The Kier molecular flexibility index (Phi) is 5.88. The van der Waals surface area contributed by atoms with E-state index in [0.29, 0.717) is 16.3 Å². The Morgan fingerprint density at radius 2 is 1.57 bits per heavy atom. The van der Waals surface area contributed by atoms with E-state index in [1.807, 2.05) is 0 Å². The Hall–Kier alpha value is -2.61. The topological polar surface area (TPSA) is 75.3 Å². The molecule has 9 heteroatoms. The van der Waals surface area contributed by atoms with Crippen LogP contribution in [0, 0.1) is 5.82 Å². The highest BCUT2D eigenvalue weighted by molar-refractivity contribution is 7.92. The minimum absolute atomic E-state index is 0.181. The van der Waals surface area contributed by atoms with Gasteiger partial charge in [0.2, 0.25) is 0 Å². The predicted molar refractivity (Wildman–Crippen MR) is 108 cm³/mol. The van der Waals surface area contributed by atoms with Gasteiger partial charge in [-0.05, 0) is 54.6 Å². The van der Waals surface area contributed by atoms with Gasteiger partial charge in [0, 0.05) is 11.3 Å². The number of sulfonamides is 1. The third-order valence-electron chi connectivity index (χ3n) is 3.72. The largest absolute Gasteiger partial charge is 0.321 e. The fourth-order valence-electron chi connectivity index (χ4n) is 2.30. The Morgan fingerprint density at radius 3 is 2.21 bits per heavy atom. The number of nitrogens with one attached hydrogen (secondary N) is 2. The summed E-state index contributed by atoms with van der Waals surface area (Å²) >= 11 is 11.6. The molecule has 3 rings (SSSR count). The first-order valence-electron chi connectivity index (χ1n) is 7.90. The van der Waals surface area contributed by atoms with Crippen molar-refractivity contribution >= 4 is 50.5 Å². The molecule has 1 amide bonds. The van der Waals surface area contributed by atoms with Crippen molar-refractivity contribution in [3.63, 3.8) is 0 Å². The van der Waals surface area contributed by atoms with Gasteiger partial charge >= 0.3 is 0 Å². The van der Waals surface area contributed by atoms with Gasteiger partial charge in [-0.3, -0.25) is 9.52 Å². The Balaban J connectivity index is 1.74. The second kappa shape index (κ2) is 8.18. The molecule has 0 atom stereocenters. The van der Waals surface area contributed by atoms with Gasteiger partial charge in [-0.15, -0.1) is 0 Å². The smallest absolute Gasteiger partial charge is 0.261 e. The summed E-state index contributed by atoms with van der Waals surface area (Å²) in [6.45, 7) is 0. The first kappa shape index (κ1) is 20.1. The molecular weight excluding hydrogens is 426 g/mol. The van der Waals surface area contributed by atoms with Crippen molar-refractivity contribution in [3.05, 3.63) is 88.2 Å². The highest BCUT2D eigenvalue weighted by Gasteiger charge is 2.16. The minimum atomic E-state index is -3.96. The van der Waals surface area contributed by atoms with Crippen molar-refractivity contribution in [2.24, 2.45) is 0 Å². The van der Waals surface area contributed by atoms with E-state index in [0.717, 1.165) is 18.2 Å². The van der Waals surface area contributed by atoms with E-state index < -0.39 is 21.7 Å². The van der Waals surface area contributed by atoms with Crippen LogP contribution in [0.15, 0.2) is 71.6 Å². The number of carbonyl (C=O) groups is 1. The van der Waals surface area contributed by atoms with E-state index in [1.54, 1.807) is 24.3 Å². The van der Waals surface area contributed by atoms with Gasteiger partial charge in [-0.2, -0.15) is 0 Å². The summed E-state index contributed by atoms with van der Waals surface area (Å²) < 4.78 is 40.3. The Bertz CT molecular complexity index is 1140. The molecule has 3 aromatic carbocycles. The van der Waals surface area contributed by atoms with Crippen molar-refractivity contribution in [3.8, 4) is 0 Å². The number of rotatable bonds is 5. The van der Waals surface area contributed by atoms with E-state index in [4.69, 9.17) is 23.2 Å². The molecule has 0 radical (unpaired) electrons. The molecule has 0 unspecified atom stereocenters. The molecule has 0 heterocycles. The van der Waals surface area contributed by atoms with Gasteiger partial charge in [-0.25, -0.2) is 12.8 Å². The number of benzene rings is 3. The summed E-state index contributed by atoms with van der Waals surface area (Å²) in [6.07, 6.45) is 0. The molecule has 0 aliphatic rings. The fraction of sp³-hybridized carbons (Fsp3) is 0. The van der Waals surface area contributed by atoms with Crippen LogP contribution in [0.1, 0.15) is 10.4 Å². The molecule has 0 aliphatic heterocycles. The Morgan fingerprint density at radius 1 is 0.893 bits per heavy atom. The van der Waals surface area contributed by atoms with Gasteiger partial charge in [0.25, 0.3) is 15.9 Å². The van der Waals surface area contributed by atoms with Crippen LogP contribution in [-0.4, -0.2) is 14.3 Å². The van der Waals surface area contributed by atoms with Crippen molar-refractivity contribution in [1.29, 1.82) is 0 Å². The van der Waals surface area contributed by atoms with Crippen molar-refractivity contribution < 1.29 is 17.6 Å². The lowest BCUT2D eigenvalue weighted by Crippen LogP contribution is -2.14. The number of amides is 1. The summed E-state index contributed by atoms with van der Waals surface area (Å²) in [5, 5.41) is 2.78. The monoisotopic (exact) mass is 438 g/mol. The third-order valence-corrected chi connectivity index (χ3v) is 5.72. The maximum atomic E-state index is 13.2. The first-order chi connectivity index (χ1) is 13.3. The lowest BCUT2D eigenvalue weighted by atomic mass is 10.2. The molecule has 0 spiro atoms. The van der Waals surface area contributed by atoms with E-state index >= 15 is 0 Å². The first-order valence-corrected chi connectivity index (χ1v) is 10.1. The molecule has 0 bridgehead atoms. The molecular formula is C19H13Cl2FN2O3S. The Labute approximate surface area is 171 Å². The summed E-state index contributed by atoms with van der Waals surface area (Å²) in [6, 6.07) is 15.7. The molecule has 3 aromatic rings. The standard InChI is InChI=1S/C19H13Cl2FN2O3S/c20-15-3-1-2-4-18(15)23-19(25)12-5-7-13(8-6-12)24-28(26,27)14-9-10-17(22)16(21)11-14/h1-11,24H,(H,23,25). The second-order valence-electron chi connectivity index (χ2n) is 5.69. The zero-order valence-corrected chi connectivity index (χ0v) is 16.4. The lowest BCUT2D eigenvalue weighted by Gasteiger charge is -2.10. The molecule has 0 saturated carbocycles.